The molecule has 3 aliphatic rings. The number of hydrogen-bond donors (Lipinski definition) is 1. The van der Waals surface area contributed by atoms with Crippen LogP contribution in [0.5, 0.6) is 0 Å². The second-order valence-electron chi connectivity index (χ2n) is 12.2. The number of pyridine rings is 1. The topological polar surface area (TPSA) is 85.2 Å². The first-order valence-corrected chi connectivity index (χ1v) is 13.8. The summed E-state index contributed by atoms with van der Waals surface area (Å²) in [5.41, 5.74) is 5.62. The molecule has 2 aromatic heterocycles. The van der Waals surface area contributed by atoms with Gasteiger partial charge in [0.15, 0.2) is 0 Å². The van der Waals surface area contributed by atoms with Gasteiger partial charge in [-0.25, -0.2) is 4.98 Å². The van der Waals surface area contributed by atoms with Gasteiger partial charge in [0.1, 0.15) is 23.3 Å². The number of anilines is 1. The molecule has 2 saturated heterocycles. The third kappa shape index (κ3) is 4.43. The molecule has 3 aromatic rings. The van der Waals surface area contributed by atoms with E-state index in [-0.39, 0.29) is 16.7 Å². The lowest BCUT2D eigenvalue weighted by molar-refractivity contribution is -0.0435. The molecule has 0 spiro atoms. The van der Waals surface area contributed by atoms with Crippen LogP contribution in [0, 0.1) is 5.92 Å². The fourth-order valence-electron chi connectivity index (χ4n) is 6.48. The maximum Gasteiger partial charge on any atom is 0.274 e. The summed E-state index contributed by atoms with van der Waals surface area (Å²) in [5, 5.41) is 11.6. The van der Waals surface area contributed by atoms with Crippen molar-refractivity contribution in [1.82, 2.24) is 24.6 Å². The Morgan fingerprint density at radius 1 is 1.24 bits per heavy atom. The number of hydrogen-bond acceptors (Lipinski definition) is 6. The Bertz CT molecular complexity index is 1360. The molecule has 2 fully saturated rings. The van der Waals surface area contributed by atoms with Crippen LogP contribution in [0.1, 0.15) is 78.7 Å². The molecule has 0 radical (unpaired) electrons. The number of nitrogens with one attached hydrogen (secondary N) is 1. The molecule has 1 aliphatic carbocycles. The zero-order chi connectivity index (χ0) is 26.5. The number of aromatic nitrogens is 4. The minimum absolute atomic E-state index is 0.0256. The number of nitrogens with zero attached hydrogens (tertiary/aromatic N) is 5. The van der Waals surface area contributed by atoms with Crippen molar-refractivity contribution in [2.45, 2.75) is 63.8 Å². The summed E-state index contributed by atoms with van der Waals surface area (Å²) >= 11 is 0. The average Bonchev–Trinajstić information content (AvgIpc) is 3.41. The summed E-state index contributed by atoms with van der Waals surface area (Å²) in [5.74, 6) is 1.42. The third-order valence-corrected chi connectivity index (χ3v) is 8.73. The molecule has 4 heterocycles. The van der Waals surface area contributed by atoms with Crippen molar-refractivity contribution < 1.29 is 9.53 Å². The van der Waals surface area contributed by atoms with Gasteiger partial charge in [-0.15, -0.1) is 10.2 Å². The number of fused-ring (bicyclic) bond motifs is 1. The molecule has 6 rings (SSSR count). The van der Waals surface area contributed by atoms with Gasteiger partial charge in [-0.3, -0.25) is 9.69 Å². The first kappa shape index (κ1) is 25.2. The van der Waals surface area contributed by atoms with Gasteiger partial charge in [0.2, 0.25) is 0 Å². The Kier molecular flexibility index (Phi) is 6.35. The fourth-order valence-corrected chi connectivity index (χ4v) is 6.48. The van der Waals surface area contributed by atoms with E-state index in [4.69, 9.17) is 9.72 Å². The Balaban J connectivity index is 1.28. The van der Waals surface area contributed by atoms with Crippen molar-refractivity contribution in [2.24, 2.45) is 13.0 Å². The minimum Gasteiger partial charge on any atom is -0.378 e. The second kappa shape index (κ2) is 9.58. The van der Waals surface area contributed by atoms with Crippen LogP contribution < -0.4 is 5.32 Å². The fraction of sp³-hybridized carbons (Fsp3) is 0.533. The van der Waals surface area contributed by atoms with Crippen LogP contribution >= 0.6 is 0 Å². The van der Waals surface area contributed by atoms with Gasteiger partial charge in [0, 0.05) is 31.2 Å². The van der Waals surface area contributed by atoms with Crippen molar-refractivity contribution in [2.75, 3.05) is 31.6 Å². The van der Waals surface area contributed by atoms with Crippen LogP contribution in [-0.2, 0) is 35.6 Å². The minimum atomic E-state index is -0.361. The van der Waals surface area contributed by atoms with Crippen LogP contribution in [0.3, 0.4) is 0 Å². The molecule has 0 saturated carbocycles. The van der Waals surface area contributed by atoms with Crippen molar-refractivity contribution in [3.63, 3.8) is 0 Å². The first-order chi connectivity index (χ1) is 18.2. The van der Waals surface area contributed by atoms with Crippen LogP contribution in [0.2, 0.25) is 0 Å². The molecule has 1 amide bonds. The smallest absolute Gasteiger partial charge is 0.274 e. The molecule has 0 bridgehead atoms. The number of amides is 1. The highest BCUT2D eigenvalue weighted by atomic mass is 16.5. The molecule has 38 heavy (non-hydrogen) atoms. The van der Waals surface area contributed by atoms with Crippen molar-refractivity contribution in [1.29, 1.82) is 0 Å². The number of piperidine rings is 1. The first-order valence-electron chi connectivity index (χ1n) is 13.8. The van der Waals surface area contributed by atoms with Crippen molar-refractivity contribution in [3.05, 3.63) is 70.6 Å². The Hall–Kier alpha value is -3.10. The van der Waals surface area contributed by atoms with Gasteiger partial charge >= 0.3 is 0 Å². The van der Waals surface area contributed by atoms with E-state index >= 15 is 0 Å². The number of carbonyl (C=O) groups excluding carboxylic acids is 1. The van der Waals surface area contributed by atoms with Gasteiger partial charge in [-0.05, 0) is 73.0 Å². The maximum atomic E-state index is 13.6. The maximum absolute atomic E-state index is 13.6. The number of carbonyl (C=O) groups is 1. The quantitative estimate of drug-likeness (QED) is 0.530. The van der Waals surface area contributed by atoms with Crippen LogP contribution in [0.25, 0.3) is 0 Å². The summed E-state index contributed by atoms with van der Waals surface area (Å²) in [6.45, 7) is 11.0. The van der Waals surface area contributed by atoms with E-state index in [0.29, 0.717) is 18.9 Å². The summed E-state index contributed by atoms with van der Waals surface area (Å²) in [4.78, 5) is 21.1. The van der Waals surface area contributed by atoms with E-state index in [1.54, 1.807) is 6.33 Å². The van der Waals surface area contributed by atoms with Crippen LogP contribution in [-0.4, -0.2) is 56.9 Å². The normalized spacial score (nSPS) is 22.1. The van der Waals surface area contributed by atoms with Gasteiger partial charge in [-0.1, -0.05) is 32.9 Å². The standard InChI is InChI=1S/C30H38N6O2/c1-20-7-6-12-36(15-20)16-21-13-25(33-26-24(21)10-11-29(26,2)3)27(37)32-23-9-5-8-22(14-23)30(17-38-18-30)28-34-31-19-35(28)4/h5,8-9,13-14,19-20H,6-7,10-12,15-18H2,1-4H3,(H,32,37)/t20-/m0/s1. The molecule has 1 N–H and O–H groups in total. The van der Waals surface area contributed by atoms with Gasteiger partial charge in [0.05, 0.1) is 18.9 Å². The Labute approximate surface area is 224 Å². The van der Waals surface area contributed by atoms with Gasteiger partial charge in [-0.2, -0.15) is 0 Å². The number of rotatable bonds is 6. The zero-order valence-corrected chi connectivity index (χ0v) is 23.0. The molecular formula is C30H38N6O2. The molecule has 8 heteroatoms. The predicted octanol–water partition coefficient (Wildman–Crippen LogP) is 4.23. The summed E-state index contributed by atoms with van der Waals surface area (Å²) < 4.78 is 7.56. The Morgan fingerprint density at radius 3 is 2.79 bits per heavy atom. The van der Waals surface area contributed by atoms with E-state index in [1.807, 2.05) is 35.9 Å². The number of aryl methyl sites for hydroxylation is 1. The third-order valence-electron chi connectivity index (χ3n) is 8.73. The predicted molar refractivity (Wildman–Crippen MR) is 146 cm³/mol. The van der Waals surface area contributed by atoms with E-state index in [1.165, 1.54) is 24.0 Å². The SMILES string of the molecule is C[C@H]1CCCN(Cc2cc(C(=O)Nc3cccc(C4(c5nncn5C)COC4)c3)nc3c2CCC3(C)C)C1. The van der Waals surface area contributed by atoms with Crippen molar-refractivity contribution >= 4 is 11.6 Å². The monoisotopic (exact) mass is 514 g/mol. The van der Waals surface area contributed by atoms with Crippen molar-refractivity contribution in [3.8, 4) is 0 Å². The van der Waals surface area contributed by atoms with E-state index < -0.39 is 0 Å². The van der Waals surface area contributed by atoms with Gasteiger partial charge < -0.3 is 14.6 Å². The largest absolute Gasteiger partial charge is 0.378 e. The molecule has 200 valence electrons. The molecule has 2 aliphatic heterocycles. The summed E-state index contributed by atoms with van der Waals surface area (Å²) in [6, 6.07) is 10.0. The molecule has 1 aromatic carbocycles. The van der Waals surface area contributed by atoms with Crippen LogP contribution in [0.15, 0.2) is 36.7 Å². The zero-order valence-electron chi connectivity index (χ0n) is 23.0. The molecule has 8 nitrogen and oxygen atoms in total. The summed E-state index contributed by atoms with van der Waals surface area (Å²) in [6.07, 6.45) is 6.35. The highest BCUT2D eigenvalue weighted by molar-refractivity contribution is 6.03. The van der Waals surface area contributed by atoms with Crippen LogP contribution in [0.4, 0.5) is 5.69 Å². The lowest BCUT2D eigenvalue weighted by Crippen LogP contribution is -2.49. The highest BCUT2D eigenvalue weighted by Gasteiger charge is 2.46. The number of ether oxygens (including phenoxy) is 1. The lowest BCUT2D eigenvalue weighted by Gasteiger charge is -2.40. The number of likely N-dealkylation sites (tertiary alicyclic amines) is 1. The molecule has 0 unspecified atom stereocenters. The molecular weight excluding hydrogens is 476 g/mol. The number of benzene rings is 1. The van der Waals surface area contributed by atoms with E-state index in [0.717, 1.165) is 61.2 Å². The average molecular weight is 515 g/mol. The van der Waals surface area contributed by atoms with E-state index in [9.17, 15) is 4.79 Å². The summed E-state index contributed by atoms with van der Waals surface area (Å²) in [7, 11) is 1.95. The van der Waals surface area contributed by atoms with Gasteiger partial charge in [0.25, 0.3) is 5.91 Å². The molecule has 1 atom stereocenters. The second-order valence-corrected chi connectivity index (χ2v) is 12.2. The van der Waals surface area contributed by atoms with E-state index in [2.05, 4.69) is 47.3 Å². The Morgan fingerprint density at radius 2 is 2.08 bits per heavy atom. The lowest BCUT2D eigenvalue weighted by atomic mass is 9.77. The highest BCUT2D eigenvalue weighted by Crippen LogP contribution is 2.40.